The smallest absolute Gasteiger partial charge is 0.276 e. The quantitative estimate of drug-likeness (QED) is 0.198. The summed E-state index contributed by atoms with van der Waals surface area (Å²) in [4.78, 5) is 26.8. The van der Waals surface area contributed by atoms with E-state index in [4.69, 9.17) is 24.4 Å². The zero-order valence-corrected chi connectivity index (χ0v) is 19.5. The Bertz CT molecular complexity index is 950. The van der Waals surface area contributed by atoms with Crippen LogP contribution in [0, 0.1) is 0 Å². The minimum atomic E-state index is -0.588. The Morgan fingerprint density at radius 3 is 1.59 bits per heavy atom. The van der Waals surface area contributed by atoms with Crippen LogP contribution in [0.15, 0.2) is 72.4 Å². The van der Waals surface area contributed by atoms with Crippen LogP contribution in [0.1, 0.15) is 24.0 Å². The van der Waals surface area contributed by atoms with Crippen LogP contribution in [0.5, 0.6) is 0 Å². The van der Waals surface area contributed by atoms with Crippen molar-refractivity contribution in [2.75, 3.05) is 14.1 Å². The van der Waals surface area contributed by atoms with Gasteiger partial charge in [-0.05, 0) is 12.8 Å². The van der Waals surface area contributed by atoms with Gasteiger partial charge >= 0.3 is 0 Å². The van der Waals surface area contributed by atoms with E-state index in [-0.39, 0.29) is 11.6 Å². The number of nitrogens with zero attached hydrogens (tertiary/aromatic N) is 2. The average molecular weight is 468 g/mol. The van der Waals surface area contributed by atoms with E-state index >= 15 is 0 Å². The van der Waals surface area contributed by atoms with E-state index in [0.717, 1.165) is 24.0 Å². The van der Waals surface area contributed by atoms with Gasteiger partial charge in [-0.25, -0.2) is 0 Å². The number of hydrogen-bond acceptors (Lipinski definition) is 5. The van der Waals surface area contributed by atoms with Gasteiger partial charge < -0.3 is 5.32 Å². The fraction of sp³-hybridized carbons (Fsp3) is 0.217. The molecule has 0 radical (unpaired) electrons. The summed E-state index contributed by atoms with van der Waals surface area (Å²) in [5.41, 5.74) is 6.82. The van der Waals surface area contributed by atoms with Gasteiger partial charge in [0.15, 0.2) is 0 Å². The average Bonchev–Trinajstić information content (AvgIpc) is 3.63. The van der Waals surface area contributed by atoms with Crippen LogP contribution in [-0.4, -0.2) is 51.9 Å². The van der Waals surface area contributed by atoms with Gasteiger partial charge in [-0.15, -0.1) is 0 Å². The Labute approximate surface area is 198 Å². The molecule has 0 heterocycles. The molecule has 0 atom stereocenters. The third-order valence-electron chi connectivity index (χ3n) is 4.72. The highest BCUT2D eigenvalue weighted by atomic mass is 32.1. The van der Waals surface area contributed by atoms with Crippen molar-refractivity contribution < 1.29 is 9.59 Å². The number of rotatable bonds is 6. The number of carbonyl (C=O) groups excluding carboxylic acids is 2. The number of carbonyl (C=O) groups is 2. The molecule has 32 heavy (non-hydrogen) atoms. The summed E-state index contributed by atoms with van der Waals surface area (Å²) in [6.07, 6.45) is 3.45. The summed E-state index contributed by atoms with van der Waals surface area (Å²) in [5.74, 6) is -1.18. The van der Waals surface area contributed by atoms with Crippen LogP contribution in [-0.2, 0) is 9.59 Å². The van der Waals surface area contributed by atoms with Crippen LogP contribution in [0.2, 0.25) is 0 Å². The lowest BCUT2D eigenvalue weighted by molar-refractivity contribution is -0.126. The van der Waals surface area contributed by atoms with Crippen molar-refractivity contribution in [2.24, 2.45) is 0 Å². The topological polar surface area (TPSA) is 76.7 Å². The third-order valence-corrected chi connectivity index (χ3v) is 5.74. The molecular formula is C23H25N5O2S2. The van der Waals surface area contributed by atoms with E-state index in [2.05, 4.69) is 16.2 Å². The number of hydrogen-bond donors (Lipinski definition) is 3. The monoisotopic (exact) mass is 467 g/mol. The molecule has 1 aliphatic carbocycles. The minimum absolute atomic E-state index is 0.0812. The highest BCUT2D eigenvalue weighted by Gasteiger charge is 2.25. The summed E-state index contributed by atoms with van der Waals surface area (Å²) in [6.45, 7) is 0. The van der Waals surface area contributed by atoms with Gasteiger partial charge in [-0.1, -0.05) is 85.1 Å². The van der Waals surface area contributed by atoms with Crippen LogP contribution in [0.25, 0.3) is 0 Å². The normalized spacial score (nSPS) is 12.2. The summed E-state index contributed by atoms with van der Waals surface area (Å²) < 4.78 is 0. The molecule has 166 valence electrons. The molecule has 1 aliphatic rings. The van der Waals surface area contributed by atoms with Crippen molar-refractivity contribution in [3.63, 3.8) is 0 Å². The van der Waals surface area contributed by atoms with Gasteiger partial charge in [0.25, 0.3) is 11.8 Å². The molecule has 1 fully saturated rings. The summed E-state index contributed by atoms with van der Waals surface area (Å²) in [5, 5.41) is 5.94. The summed E-state index contributed by atoms with van der Waals surface area (Å²) >= 11 is 10.9. The Hall–Kier alpha value is -3.30. The molecule has 0 bridgehead atoms. The van der Waals surface area contributed by atoms with Crippen LogP contribution in [0.4, 0.5) is 0 Å². The lowest BCUT2D eigenvalue weighted by Crippen LogP contribution is -2.49. The molecule has 0 unspecified atom stereocenters. The van der Waals surface area contributed by atoms with Gasteiger partial charge in [0.05, 0.1) is 0 Å². The van der Waals surface area contributed by atoms with Crippen molar-refractivity contribution in [1.29, 1.82) is 0 Å². The fourth-order valence-corrected chi connectivity index (χ4v) is 3.12. The molecule has 0 aliphatic heterocycles. The van der Waals surface area contributed by atoms with Crippen molar-refractivity contribution in [1.82, 2.24) is 26.2 Å². The maximum atomic E-state index is 13.0. The number of hydrazine groups is 2. The van der Waals surface area contributed by atoms with E-state index in [1.165, 1.54) is 16.2 Å². The second kappa shape index (κ2) is 10.8. The van der Waals surface area contributed by atoms with Gasteiger partial charge in [-0.2, -0.15) is 0 Å². The molecule has 0 aromatic heterocycles. The molecule has 3 N–H and O–H groups in total. The van der Waals surface area contributed by atoms with Gasteiger partial charge in [0, 0.05) is 37.5 Å². The third kappa shape index (κ3) is 6.35. The molecule has 2 aromatic rings. The van der Waals surface area contributed by atoms with Gasteiger partial charge in [-0.3, -0.25) is 30.5 Å². The lowest BCUT2D eigenvalue weighted by atomic mass is 10.2. The summed E-state index contributed by atoms with van der Waals surface area (Å²) in [6, 6.07) is 18.9. The van der Waals surface area contributed by atoms with Crippen LogP contribution >= 0.6 is 24.4 Å². The number of nitrogens with one attached hydrogen (secondary N) is 3. The van der Waals surface area contributed by atoms with Crippen molar-refractivity contribution in [3.05, 3.63) is 83.6 Å². The Morgan fingerprint density at radius 2 is 1.22 bits per heavy atom. The first kappa shape index (κ1) is 23.4. The molecule has 3 rings (SSSR count). The van der Waals surface area contributed by atoms with Crippen molar-refractivity contribution in [2.45, 2.75) is 18.9 Å². The Kier molecular flexibility index (Phi) is 7.91. The van der Waals surface area contributed by atoms with Gasteiger partial charge in [0.2, 0.25) is 0 Å². The Balaban J connectivity index is 1.68. The van der Waals surface area contributed by atoms with Crippen LogP contribution in [0.3, 0.4) is 0 Å². The van der Waals surface area contributed by atoms with E-state index in [9.17, 15) is 9.59 Å². The molecule has 1 saturated carbocycles. The fourth-order valence-electron chi connectivity index (χ4n) is 2.76. The number of thiocarbonyl (C=S) groups is 2. The zero-order valence-electron chi connectivity index (χ0n) is 17.9. The zero-order chi connectivity index (χ0) is 23.1. The molecular weight excluding hydrogens is 442 g/mol. The highest BCUT2D eigenvalue weighted by Crippen LogP contribution is 2.18. The summed E-state index contributed by atoms with van der Waals surface area (Å²) in [7, 11) is 3.27. The largest absolute Gasteiger partial charge is 0.387 e. The maximum absolute atomic E-state index is 13.0. The van der Waals surface area contributed by atoms with E-state index < -0.39 is 11.8 Å². The predicted molar refractivity (Wildman–Crippen MR) is 132 cm³/mol. The SMILES string of the molecule is CN(NC(=O)C(=CNC1CC1)C(=O)NN(C)C(=S)c1ccccc1)C(=S)c1ccccc1. The molecule has 2 amide bonds. The van der Waals surface area contributed by atoms with Crippen molar-refractivity contribution in [3.8, 4) is 0 Å². The molecule has 0 saturated heterocycles. The van der Waals surface area contributed by atoms with E-state index in [1.54, 1.807) is 14.1 Å². The molecule has 7 nitrogen and oxygen atoms in total. The highest BCUT2D eigenvalue weighted by molar-refractivity contribution is 7.80. The van der Waals surface area contributed by atoms with Gasteiger partial charge in [0.1, 0.15) is 15.6 Å². The Morgan fingerprint density at radius 1 is 0.812 bits per heavy atom. The first-order valence-electron chi connectivity index (χ1n) is 10.1. The molecule has 0 spiro atoms. The second-order valence-corrected chi connectivity index (χ2v) is 8.11. The first-order chi connectivity index (χ1) is 15.4. The predicted octanol–water partition coefficient (Wildman–Crippen LogP) is 2.30. The van der Waals surface area contributed by atoms with E-state index in [0.29, 0.717) is 9.98 Å². The van der Waals surface area contributed by atoms with E-state index in [1.807, 2.05) is 60.7 Å². The lowest BCUT2D eigenvalue weighted by Gasteiger charge is -2.24. The molecule has 9 heteroatoms. The standard InChI is InChI=1S/C23H25N5O2S2/c1-27(22(31)16-9-5-3-6-10-16)25-20(29)19(15-24-18-13-14-18)21(30)26-28(2)23(32)17-11-7-4-8-12-17/h3-12,15,18,24H,13-14H2,1-2H3,(H,25,29)(H,26,30). The second-order valence-electron chi connectivity index (χ2n) is 7.34. The first-order valence-corrected chi connectivity index (χ1v) is 10.9. The maximum Gasteiger partial charge on any atom is 0.276 e. The number of benzene rings is 2. The molecule has 2 aromatic carbocycles. The van der Waals surface area contributed by atoms with Crippen LogP contribution < -0.4 is 16.2 Å². The van der Waals surface area contributed by atoms with Crippen molar-refractivity contribution >= 4 is 46.2 Å². The number of amides is 2. The minimum Gasteiger partial charge on any atom is -0.387 e.